The summed E-state index contributed by atoms with van der Waals surface area (Å²) < 4.78 is 47.2. The van der Waals surface area contributed by atoms with Gasteiger partial charge in [0.1, 0.15) is 6.07 Å². The highest BCUT2D eigenvalue weighted by molar-refractivity contribution is 7.89. The van der Waals surface area contributed by atoms with Crippen molar-refractivity contribution >= 4 is 15.8 Å². The molecular weight excluding hydrogens is 274 g/mol. The van der Waals surface area contributed by atoms with Crippen molar-refractivity contribution in [3.63, 3.8) is 0 Å². The van der Waals surface area contributed by atoms with Crippen molar-refractivity contribution in [1.82, 2.24) is 4.98 Å². The predicted octanol–water partition coefficient (Wildman–Crippen LogP) is 0.446. The van der Waals surface area contributed by atoms with E-state index in [0.29, 0.717) is 6.07 Å². The Morgan fingerprint density at radius 3 is 2.44 bits per heavy atom. The van der Waals surface area contributed by atoms with E-state index >= 15 is 0 Å². The van der Waals surface area contributed by atoms with Gasteiger partial charge in [0.2, 0.25) is 0 Å². The summed E-state index contributed by atoms with van der Waals surface area (Å²) in [5.74, 6) is -1.15. The summed E-state index contributed by atoms with van der Waals surface area (Å²) in [5.41, 5.74) is -1.93. The highest BCUT2D eigenvalue weighted by Crippen LogP contribution is 2.28. The molecule has 0 aromatic carbocycles. The SMILES string of the molecule is N#Cc1cc(C(F)F)c(S(N)(=O)=O)nc1[N+](=O)[O-]. The first kappa shape index (κ1) is 13.9. The van der Waals surface area contributed by atoms with E-state index in [-0.39, 0.29) is 0 Å². The number of sulfonamides is 1. The number of nitro groups is 1. The van der Waals surface area contributed by atoms with E-state index in [9.17, 15) is 27.3 Å². The Morgan fingerprint density at radius 2 is 2.11 bits per heavy atom. The van der Waals surface area contributed by atoms with Gasteiger partial charge < -0.3 is 10.1 Å². The van der Waals surface area contributed by atoms with Crippen LogP contribution < -0.4 is 5.14 Å². The summed E-state index contributed by atoms with van der Waals surface area (Å²) in [6, 6.07) is 1.66. The van der Waals surface area contributed by atoms with Crippen LogP contribution in [0, 0.1) is 21.4 Å². The minimum Gasteiger partial charge on any atom is -0.358 e. The number of halogens is 2. The number of nitriles is 1. The Hall–Kier alpha value is -2.19. The number of hydrogen-bond acceptors (Lipinski definition) is 6. The normalized spacial score (nSPS) is 11.3. The first-order chi connectivity index (χ1) is 8.18. The third kappa shape index (κ3) is 2.55. The molecule has 0 saturated carbocycles. The maximum Gasteiger partial charge on any atom is 0.382 e. The fourth-order valence-corrected chi connectivity index (χ4v) is 1.80. The predicted molar refractivity (Wildman–Crippen MR) is 51.9 cm³/mol. The Labute approximate surface area is 98.9 Å². The zero-order chi connectivity index (χ0) is 14.1. The first-order valence-corrected chi connectivity index (χ1v) is 5.63. The fourth-order valence-electron chi connectivity index (χ4n) is 1.11. The van der Waals surface area contributed by atoms with Crippen molar-refractivity contribution in [2.24, 2.45) is 5.14 Å². The molecule has 8 nitrogen and oxygen atoms in total. The molecule has 1 aromatic rings. The highest BCUT2D eigenvalue weighted by Gasteiger charge is 2.32. The van der Waals surface area contributed by atoms with Gasteiger partial charge in [0.15, 0.2) is 5.56 Å². The van der Waals surface area contributed by atoms with Crippen molar-refractivity contribution in [2.45, 2.75) is 11.5 Å². The second-order valence-electron chi connectivity index (χ2n) is 2.97. The minimum absolute atomic E-state index is 0.384. The third-order valence-corrected chi connectivity index (χ3v) is 2.66. The summed E-state index contributed by atoms with van der Waals surface area (Å²) >= 11 is 0. The van der Waals surface area contributed by atoms with Gasteiger partial charge in [-0.25, -0.2) is 22.3 Å². The summed E-state index contributed by atoms with van der Waals surface area (Å²) in [5, 5.41) is 22.4. The Morgan fingerprint density at radius 1 is 1.56 bits per heavy atom. The van der Waals surface area contributed by atoms with Gasteiger partial charge in [0, 0.05) is 0 Å². The topological polar surface area (TPSA) is 140 Å². The van der Waals surface area contributed by atoms with Gasteiger partial charge >= 0.3 is 5.82 Å². The summed E-state index contributed by atoms with van der Waals surface area (Å²) in [4.78, 5) is 12.3. The molecule has 0 amide bonds. The van der Waals surface area contributed by atoms with E-state index in [1.165, 1.54) is 6.07 Å². The second kappa shape index (κ2) is 4.59. The molecule has 0 aliphatic carbocycles. The quantitative estimate of drug-likeness (QED) is 0.628. The number of nitrogens with zero attached hydrogens (tertiary/aromatic N) is 3. The molecule has 0 aliphatic rings. The van der Waals surface area contributed by atoms with Gasteiger partial charge in [-0.15, -0.1) is 0 Å². The van der Waals surface area contributed by atoms with Crippen molar-refractivity contribution in [2.75, 3.05) is 0 Å². The van der Waals surface area contributed by atoms with E-state index in [4.69, 9.17) is 5.26 Å². The Kier molecular flexibility index (Phi) is 3.54. The largest absolute Gasteiger partial charge is 0.382 e. The molecule has 0 radical (unpaired) electrons. The van der Waals surface area contributed by atoms with Crippen LogP contribution >= 0.6 is 0 Å². The average molecular weight is 278 g/mol. The second-order valence-corrected chi connectivity index (χ2v) is 4.45. The van der Waals surface area contributed by atoms with Gasteiger partial charge in [0.25, 0.3) is 21.5 Å². The molecule has 0 atom stereocenters. The van der Waals surface area contributed by atoms with Crippen LogP contribution in [0.1, 0.15) is 17.6 Å². The van der Waals surface area contributed by atoms with Crippen LogP contribution in [0.15, 0.2) is 11.1 Å². The van der Waals surface area contributed by atoms with Gasteiger partial charge in [-0.1, -0.05) is 0 Å². The van der Waals surface area contributed by atoms with Crippen molar-refractivity contribution in [3.05, 3.63) is 27.3 Å². The third-order valence-electron chi connectivity index (χ3n) is 1.79. The fraction of sp³-hybridized carbons (Fsp3) is 0.143. The lowest BCUT2D eigenvalue weighted by atomic mass is 10.2. The number of nitrogens with two attached hydrogens (primary N) is 1. The van der Waals surface area contributed by atoms with Crippen molar-refractivity contribution in [3.8, 4) is 6.07 Å². The van der Waals surface area contributed by atoms with Crippen LogP contribution in [-0.2, 0) is 10.0 Å². The van der Waals surface area contributed by atoms with E-state index in [1.54, 1.807) is 0 Å². The van der Waals surface area contributed by atoms with E-state index < -0.39 is 43.3 Å². The van der Waals surface area contributed by atoms with E-state index in [2.05, 4.69) is 10.1 Å². The zero-order valence-electron chi connectivity index (χ0n) is 8.37. The lowest BCUT2D eigenvalue weighted by Gasteiger charge is -2.03. The van der Waals surface area contributed by atoms with Crippen LogP contribution in [0.3, 0.4) is 0 Å². The number of hydrogen-bond donors (Lipinski definition) is 1. The molecular formula is C7H4F2N4O4S. The first-order valence-electron chi connectivity index (χ1n) is 4.09. The van der Waals surface area contributed by atoms with Crippen molar-refractivity contribution in [1.29, 1.82) is 5.26 Å². The molecule has 11 heteroatoms. The van der Waals surface area contributed by atoms with Crippen LogP contribution in [0.5, 0.6) is 0 Å². The Bertz CT molecular complexity index is 652. The lowest BCUT2D eigenvalue weighted by Crippen LogP contribution is -2.18. The summed E-state index contributed by atoms with van der Waals surface area (Å²) in [6.45, 7) is 0. The molecule has 0 saturated heterocycles. The highest BCUT2D eigenvalue weighted by atomic mass is 32.2. The van der Waals surface area contributed by atoms with Gasteiger partial charge in [-0.05, 0) is 16.0 Å². The number of primary sulfonamides is 1. The molecule has 1 heterocycles. The van der Waals surface area contributed by atoms with Crippen molar-refractivity contribution < 1.29 is 22.1 Å². The molecule has 96 valence electrons. The summed E-state index contributed by atoms with van der Waals surface area (Å²) in [6.07, 6.45) is -3.29. The van der Waals surface area contributed by atoms with E-state index in [1.807, 2.05) is 0 Å². The molecule has 1 aromatic heterocycles. The zero-order valence-corrected chi connectivity index (χ0v) is 9.19. The van der Waals surface area contributed by atoms with Gasteiger partial charge in [-0.2, -0.15) is 5.26 Å². The standard InChI is InChI=1S/C7H4F2N4O4S/c8-5(9)4-1-3(2-10)6(13(14)15)12-7(4)18(11,16)17/h1,5H,(H2,11,16,17). The smallest absolute Gasteiger partial charge is 0.358 e. The molecule has 0 spiro atoms. The van der Waals surface area contributed by atoms with Crippen LogP contribution in [0.2, 0.25) is 0 Å². The van der Waals surface area contributed by atoms with Crippen LogP contribution in [-0.4, -0.2) is 18.3 Å². The van der Waals surface area contributed by atoms with Gasteiger partial charge in [-0.3, -0.25) is 0 Å². The summed E-state index contributed by atoms with van der Waals surface area (Å²) in [7, 11) is -4.66. The van der Waals surface area contributed by atoms with Gasteiger partial charge in [0.05, 0.1) is 5.56 Å². The van der Waals surface area contributed by atoms with E-state index in [0.717, 1.165) is 0 Å². The van der Waals surface area contributed by atoms with Crippen LogP contribution in [0.25, 0.3) is 0 Å². The molecule has 0 fully saturated rings. The molecule has 1 rings (SSSR count). The number of pyridine rings is 1. The maximum absolute atomic E-state index is 12.6. The lowest BCUT2D eigenvalue weighted by molar-refractivity contribution is -0.390. The molecule has 2 N–H and O–H groups in total. The number of alkyl halides is 2. The molecule has 18 heavy (non-hydrogen) atoms. The Balaban J connectivity index is 3.76. The molecule has 0 aliphatic heterocycles. The molecule has 0 unspecified atom stereocenters. The van der Waals surface area contributed by atoms with Crippen LogP contribution in [0.4, 0.5) is 14.6 Å². The monoisotopic (exact) mass is 278 g/mol. The average Bonchev–Trinajstić information content (AvgIpc) is 2.25. The maximum atomic E-state index is 12.6. The molecule has 0 bridgehead atoms. The minimum atomic E-state index is -4.66. The number of aromatic nitrogens is 1. The number of rotatable bonds is 3.